The number of nitrogens with one attached hydrogen (secondary N) is 2. The molecule has 0 aliphatic carbocycles. The van der Waals surface area contributed by atoms with Crippen molar-refractivity contribution in [3.63, 3.8) is 0 Å². The van der Waals surface area contributed by atoms with Crippen LogP contribution in [0.1, 0.15) is 56.3 Å². The number of thioether (sulfide) groups is 1. The van der Waals surface area contributed by atoms with Crippen molar-refractivity contribution in [1.82, 2.24) is 15.5 Å². The second-order valence-corrected chi connectivity index (χ2v) is 14.9. The number of benzene rings is 1. The van der Waals surface area contributed by atoms with E-state index >= 15 is 0 Å². The Kier molecular flexibility index (Phi) is 11.8. The second-order valence-electron chi connectivity index (χ2n) is 13.5. The minimum Gasteiger partial charge on any atom is -0.465 e. The quantitative estimate of drug-likeness (QED) is 0.234. The Morgan fingerprint density at radius 2 is 1.77 bits per heavy atom. The van der Waals surface area contributed by atoms with Gasteiger partial charge in [0, 0.05) is 36.4 Å². The van der Waals surface area contributed by atoms with Crippen LogP contribution in [0.2, 0.25) is 0 Å². The van der Waals surface area contributed by atoms with Gasteiger partial charge in [0.25, 0.3) is 5.91 Å². The molecular formula is C33H46FN3O9S. The van der Waals surface area contributed by atoms with Gasteiger partial charge in [0.05, 0.1) is 12.1 Å². The average molecular weight is 680 g/mol. The molecule has 1 aromatic carbocycles. The number of ether oxygens (including phenoxy) is 2. The van der Waals surface area contributed by atoms with Crippen molar-refractivity contribution in [2.45, 2.75) is 99.2 Å². The number of aliphatic hydroxyl groups excluding tert-OH is 3. The number of hydrogen-bond acceptors (Lipinski definition) is 9. The molecule has 2 bridgehead atoms. The molecule has 47 heavy (non-hydrogen) atoms. The second kappa shape index (κ2) is 15.6. The maximum atomic E-state index is 13.9. The standard InChI is InChI=1S/C33H46FN3O9S/c1-17(2)13-18-11-12-45-28-20(14-18)16-37(33(43)44)24(28)31(42)36-23-6-4-3-5-22(15-35-30(41)19-7-9-21(34)10-8-19)47-32-27(40)25(38)26(39)29(23)46-32/h3-4,7-10,17-18,20,22-29,32,38-40H,5-6,11-16H2,1-2H3,(H,35,41)(H,36,42)(H,43,44)/t18-,20-,22-,23+,24?,25-,26+,27+,28+,29+,32+/m0/s1. The smallest absolute Gasteiger partial charge is 0.408 e. The molecule has 0 saturated carbocycles. The van der Waals surface area contributed by atoms with Gasteiger partial charge in [-0.2, -0.15) is 0 Å². The fourth-order valence-corrected chi connectivity index (χ4v) is 8.56. The monoisotopic (exact) mass is 679 g/mol. The van der Waals surface area contributed by atoms with Gasteiger partial charge in [-0.1, -0.05) is 26.0 Å². The number of nitrogens with zero attached hydrogens (tertiary/aromatic N) is 1. The number of carbonyl (C=O) groups excluding carboxylic acids is 2. The summed E-state index contributed by atoms with van der Waals surface area (Å²) in [5.74, 6) is -0.694. The van der Waals surface area contributed by atoms with E-state index in [2.05, 4.69) is 24.5 Å². The number of allylic oxidation sites excluding steroid dienone is 1. The number of carbonyl (C=O) groups is 3. The highest BCUT2D eigenvalue weighted by atomic mass is 32.2. The van der Waals surface area contributed by atoms with Gasteiger partial charge >= 0.3 is 6.09 Å². The van der Waals surface area contributed by atoms with Crippen molar-refractivity contribution >= 4 is 29.7 Å². The topological polar surface area (TPSA) is 178 Å². The van der Waals surface area contributed by atoms with Gasteiger partial charge in [-0.25, -0.2) is 9.18 Å². The predicted molar refractivity (Wildman–Crippen MR) is 171 cm³/mol. The number of rotatable bonds is 7. The van der Waals surface area contributed by atoms with Gasteiger partial charge in [-0.05, 0) is 68.2 Å². The molecule has 14 heteroatoms. The van der Waals surface area contributed by atoms with Crippen LogP contribution in [-0.2, 0) is 14.3 Å². The molecule has 3 amide bonds. The molecule has 4 aliphatic heterocycles. The number of aliphatic hydroxyl groups is 3. The zero-order valence-electron chi connectivity index (χ0n) is 26.6. The van der Waals surface area contributed by atoms with Crippen LogP contribution in [0.15, 0.2) is 36.4 Å². The summed E-state index contributed by atoms with van der Waals surface area (Å²) >= 11 is 1.18. The van der Waals surface area contributed by atoms with Crippen LogP contribution < -0.4 is 10.6 Å². The maximum absolute atomic E-state index is 13.9. The number of amides is 3. The van der Waals surface area contributed by atoms with Crippen molar-refractivity contribution in [3.8, 4) is 0 Å². The molecule has 3 saturated heterocycles. The van der Waals surface area contributed by atoms with Crippen LogP contribution in [0, 0.1) is 23.6 Å². The van der Waals surface area contributed by atoms with Gasteiger partial charge in [0.1, 0.15) is 41.7 Å². The highest BCUT2D eigenvalue weighted by Gasteiger charge is 2.52. The van der Waals surface area contributed by atoms with E-state index in [1.165, 1.54) is 36.0 Å². The summed E-state index contributed by atoms with van der Waals surface area (Å²) in [5, 5.41) is 48.1. The van der Waals surface area contributed by atoms with Gasteiger partial charge in [0.15, 0.2) is 0 Å². The van der Waals surface area contributed by atoms with E-state index in [0.717, 1.165) is 24.2 Å². The first-order valence-electron chi connectivity index (χ1n) is 16.4. The molecule has 260 valence electrons. The van der Waals surface area contributed by atoms with E-state index in [0.29, 0.717) is 24.9 Å². The number of carboxylic acid groups (broad SMARTS) is 1. The molecule has 4 heterocycles. The van der Waals surface area contributed by atoms with E-state index < -0.39 is 71.8 Å². The number of fused-ring (bicyclic) bond motifs is 3. The number of halogens is 1. The Bertz CT molecular complexity index is 1290. The summed E-state index contributed by atoms with van der Waals surface area (Å²) in [6.07, 6.45) is -0.640. The third-order valence-electron chi connectivity index (χ3n) is 9.54. The van der Waals surface area contributed by atoms with Crippen LogP contribution in [0.5, 0.6) is 0 Å². The van der Waals surface area contributed by atoms with Crippen LogP contribution in [0.4, 0.5) is 9.18 Å². The molecule has 1 aromatic rings. The Balaban J connectivity index is 1.30. The van der Waals surface area contributed by atoms with Crippen molar-refractivity contribution in [2.24, 2.45) is 17.8 Å². The molecule has 0 aromatic heterocycles. The molecule has 0 radical (unpaired) electrons. The molecule has 12 nitrogen and oxygen atoms in total. The lowest BCUT2D eigenvalue weighted by atomic mass is 9.85. The van der Waals surface area contributed by atoms with E-state index in [1.807, 2.05) is 6.08 Å². The minimum atomic E-state index is -1.59. The first-order chi connectivity index (χ1) is 22.4. The van der Waals surface area contributed by atoms with E-state index in [4.69, 9.17) is 9.47 Å². The first-order valence-corrected chi connectivity index (χ1v) is 17.3. The zero-order valence-corrected chi connectivity index (χ0v) is 27.4. The molecule has 4 aliphatic rings. The first kappa shape index (κ1) is 35.6. The van der Waals surface area contributed by atoms with Crippen LogP contribution >= 0.6 is 11.8 Å². The van der Waals surface area contributed by atoms with E-state index in [9.17, 15) is 39.2 Å². The van der Waals surface area contributed by atoms with Gasteiger partial charge in [0.2, 0.25) is 5.91 Å². The van der Waals surface area contributed by atoms with E-state index in [-0.39, 0.29) is 36.2 Å². The van der Waals surface area contributed by atoms with Crippen LogP contribution in [0.3, 0.4) is 0 Å². The van der Waals surface area contributed by atoms with E-state index in [1.54, 1.807) is 6.08 Å². The summed E-state index contributed by atoms with van der Waals surface area (Å²) in [7, 11) is 0. The van der Waals surface area contributed by atoms with Crippen molar-refractivity contribution < 1.29 is 48.7 Å². The maximum Gasteiger partial charge on any atom is 0.408 e. The lowest BCUT2D eigenvalue weighted by Gasteiger charge is -2.44. The lowest BCUT2D eigenvalue weighted by molar-refractivity contribution is -0.205. The highest BCUT2D eigenvalue weighted by Crippen LogP contribution is 2.38. The Morgan fingerprint density at radius 3 is 2.47 bits per heavy atom. The normalized spacial score (nSPS) is 35.9. The summed E-state index contributed by atoms with van der Waals surface area (Å²) in [4.78, 5) is 40.0. The average Bonchev–Trinajstić information content (AvgIpc) is 3.28. The molecular weight excluding hydrogens is 633 g/mol. The Morgan fingerprint density at radius 1 is 1.04 bits per heavy atom. The fourth-order valence-electron chi connectivity index (χ4n) is 7.27. The molecule has 11 atom stereocenters. The number of hydrogen-bond donors (Lipinski definition) is 6. The summed E-state index contributed by atoms with van der Waals surface area (Å²) in [5.41, 5.74) is -0.718. The molecule has 3 fully saturated rings. The molecule has 5 rings (SSSR count). The summed E-state index contributed by atoms with van der Waals surface area (Å²) < 4.78 is 25.6. The predicted octanol–water partition coefficient (Wildman–Crippen LogP) is 2.12. The van der Waals surface area contributed by atoms with Crippen molar-refractivity contribution in [2.75, 3.05) is 19.7 Å². The molecule has 0 spiro atoms. The van der Waals surface area contributed by atoms with Crippen molar-refractivity contribution in [1.29, 1.82) is 0 Å². The molecule has 6 N–H and O–H groups in total. The van der Waals surface area contributed by atoms with Gasteiger partial charge < -0.3 is 40.5 Å². The Labute approximate surface area is 278 Å². The fraction of sp³-hybridized carbons (Fsp3) is 0.667. The minimum absolute atomic E-state index is 0.133. The molecule has 1 unspecified atom stereocenters. The lowest BCUT2D eigenvalue weighted by Crippen LogP contribution is -2.64. The zero-order chi connectivity index (χ0) is 33.8. The third kappa shape index (κ3) is 8.46. The highest BCUT2D eigenvalue weighted by molar-refractivity contribution is 8.00. The number of likely N-dealkylation sites (tertiary alicyclic amines) is 1. The largest absolute Gasteiger partial charge is 0.465 e. The summed E-state index contributed by atoms with van der Waals surface area (Å²) in [6.45, 7) is 5.10. The summed E-state index contributed by atoms with van der Waals surface area (Å²) in [6, 6.07) is 3.20. The van der Waals surface area contributed by atoms with Crippen LogP contribution in [-0.4, -0.2) is 116 Å². The van der Waals surface area contributed by atoms with Gasteiger partial charge in [-0.15, -0.1) is 11.8 Å². The van der Waals surface area contributed by atoms with Gasteiger partial charge in [-0.3, -0.25) is 14.5 Å². The van der Waals surface area contributed by atoms with Crippen LogP contribution in [0.25, 0.3) is 0 Å². The van der Waals surface area contributed by atoms with Crippen molar-refractivity contribution in [3.05, 3.63) is 47.8 Å². The SMILES string of the molecule is CC(C)C[C@@H]1CCO[C@H]2C(C(=O)N[C@@H]3CC=CC[C@@H](CNC(=O)c4ccc(F)cc4)S[C@H]4O[C@H]3[C@H](O)[C@H](O)[C@H]4O)N(C(=O)O)C[C@@H]2C1. The third-order valence-corrected chi connectivity index (χ3v) is 10.9. The Hall–Kier alpha value is -2.75.